The van der Waals surface area contributed by atoms with E-state index in [2.05, 4.69) is 17.3 Å². The number of nitrogens with zero attached hydrogens (tertiary/aromatic N) is 1. The van der Waals surface area contributed by atoms with E-state index in [0.29, 0.717) is 5.41 Å². The third-order valence-electron chi connectivity index (χ3n) is 6.56. The van der Waals surface area contributed by atoms with Gasteiger partial charge in [0.2, 0.25) is 0 Å². The van der Waals surface area contributed by atoms with Crippen LogP contribution >= 0.6 is 0 Å². The minimum atomic E-state index is 0.384. The van der Waals surface area contributed by atoms with Crippen molar-refractivity contribution in [3.63, 3.8) is 0 Å². The van der Waals surface area contributed by atoms with Crippen LogP contribution in [0.5, 0.6) is 0 Å². The van der Waals surface area contributed by atoms with Crippen molar-refractivity contribution in [3.05, 3.63) is 0 Å². The standard InChI is InChI=1S/C18H32N2O/c1-20(10-16-9-14-2-3-15(16)8-14)12-18(6-7-21-13-18)11-19-17-4-5-17/h14-17,19H,2-13H2,1H3. The zero-order chi connectivity index (χ0) is 14.3. The molecule has 3 nitrogen and oxygen atoms in total. The van der Waals surface area contributed by atoms with Gasteiger partial charge in [0.1, 0.15) is 0 Å². The number of hydrogen-bond donors (Lipinski definition) is 1. The second kappa shape index (κ2) is 5.82. The molecule has 0 aromatic heterocycles. The first kappa shape index (κ1) is 14.5. The topological polar surface area (TPSA) is 24.5 Å². The summed E-state index contributed by atoms with van der Waals surface area (Å²) in [6.07, 6.45) is 10.1. The van der Waals surface area contributed by atoms with Gasteiger partial charge in [0.05, 0.1) is 6.61 Å². The molecular weight excluding hydrogens is 260 g/mol. The predicted molar refractivity (Wildman–Crippen MR) is 85.3 cm³/mol. The van der Waals surface area contributed by atoms with Gasteiger partial charge in [0.15, 0.2) is 0 Å². The summed E-state index contributed by atoms with van der Waals surface area (Å²) in [4.78, 5) is 2.63. The van der Waals surface area contributed by atoms with E-state index in [-0.39, 0.29) is 0 Å². The summed E-state index contributed by atoms with van der Waals surface area (Å²) in [5, 5.41) is 3.76. The molecule has 4 aliphatic rings. The van der Waals surface area contributed by atoms with E-state index in [9.17, 15) is 0 Å². The molecule has 3 heteroatoms. The Kier molecular flexibility index (Phi) is 4.01. The van der Waals surface area contributed by atoms with Gasteiger partial charge in [-0.1, -0.05) is 6.42 Å². The van der Waals surface area contributed by atoms with Crippen molar-refractivity contribution in [2.24, 2.45) is 23.2 Å². The molecule has 0 radical (unpaired) electrons. The summed E-state index contributed by atoms with van der Waals surface area (Å²) in [5.74, 6) is 3.12. The van der Waals surface area contributed by atoms with Crippen LogP contribution in [0.1, 0.15) is 44.9 Å². The van der Waals surface area contributed by atoms with Gasteiger partial charge in [0, 0.05) is 37.7 Å². The highest BCUT2D eigenvalue weighted by molar-refractivity contribution is 4.94. The molecular formula is C18H32N2O. The molecule has 1 aliphatic heterocycles. The van der Waals surface area contributed by atoms with Gasteiger partial charge in [-0.25, -0.2) is 0 Å². The monoisotopic (exact) mass is 292 g/mol. The first-order valence-corrected chi connectivity index (χ1v) is 9.22. The molecule has 4 fully saturated rings. The Labute approximate surface area is 129 Å². The Morgan fingerprint density at radius 3 is 2.71 bits per heavy atom. The molecule has 1 N–H and O–H groups in total. The number of ether oxygens (including phenoxy) is 1. The number of fused-ring (bicyclic) bond motifs is 2. The van der Waals surface area contributed by atoms with Crippen LogP contribution in [0, 0.1) is 23.2 Å². The maximum Gasteiger partial charge on any atom is 0.0547 e. The lowest BCUT2D eigenvalue weighted by molar-refractivity contribution is 0.106. The maximum atomic E-state index is 5.77. The van der Waals surface area contributed by atoms with Crippen LogP contribution in [0.25, 0.3) is 0 Å². The van der Waals surface area contributed by atoms with Crippen LogP contribution in [-0.2, 0) is 4.74 Å². The summed E-state index contributed by atoms with van der Waals surface area (Å²) >= 11 is 0. The molecule has 1 heterocycles. The van der Waals surface area contributed by atoms with Crippen molar-refractivity contribution in [1.82, 2.24) is 10.2 Å². The fourth-order valence-electron chi connectivity index (χ4n) is 5.26. The van der Waals surface area contributed by atoms with Crippen LogP contribution in [0.4, 0.5) is 0 Å². The molecule has 0 aromatic rings. The minimum absolute atomic E-state index is 0.384. The van der Waals surface area contributed by atoms with Crippen molar-refractivity contribution >= 4 is 0 Å². The van der Waals surface area contributed by atoms with Crippen molar-refractivity contribution < 1.29 is 4.74 Å². The van der Waals surface area contributed by atoms with E-state index in [1.54, 1.807) is 0 Å². The molecule has 0 amide bonds. The van der Waals surface area contributed by atoms with Gasteiger partial charge in [-0.2, -0.15) is 0 Å². The Morgan fingerprint density at radius 1 is 1.19 bits per heavy atom. The van der Waals surface area contributed by atoms with Crippen LogP contribution in [-0.4, -0.2) is 50.8 Å². The maximum absolute atomic E-state index is 5.77. The normalized spacial score (nSPS) is 42.3. The van der Waals surface area contributed by atoms with Gasteiger partial charge in [-0.15, -0.1) is 0 Å². The largest absolute Gasteiger partial charge is 0.381 e. The summed E-state index contributed by atoms with van der Waals surface area (Å²) in [5.41, 5.74) is 0.384. The molecule has 4 atom stereocenters. The van der Waals surface area contributed by atoms with E-state index < -0.39 is 0 Å². The SMILES string of the molecule is CN(CC1CC2CCC1C2)CC1(CNC2CC2)CCOC1. The Hall–Kier alpha value is -0.120. The fourth-order valence-corrected chi connectivity index (χ4v) is 5.26. The number of nitrogens with one attached hydrogen (secondary N) is 1. The van der Waals surface area contributed by atoms with E-state index in [1.807, 2.05) is 0 Å². The molecule has 2 bridgehead atoms. The van der Waals surface area contributed by atoms with Gasteiger partial charge >= 0.3 is 0 Å². The highest BCUT2D eigenvalue weighted by Crippen LogP contribution is 2.48. The van der Waals surface area contributed by atoms with Gasteiger partial charge in [-0.3, -0.25) is 0 Å². The first-order valence-electron chi connectivity index (χ1n) is 9.22. The first-order chi connectivity index (χ1) is 10.2. The zero-order valence-corrected chi connectivity index (χ0v) is 13.7. The molecule has 0 spiro atoms. The summed E-state index contributed by atoms with van der Waals surface area (Å²) in [7, 11) is 2.35. The third kappa shape index (κ3) is 3.30. The van der Waals surface area contributed by atoms with Gasteiger partial charge in [0.25, 0.3) is 0 Å². The second-order valence-electron chi connectivity index (χ2n) is 8.59. The summed E-state index contributed by atoms with van der Waals surface area (Å²) in [6.45, 7) is 5.65. The number of hydrogen-bond acceptors (Lipinski definition) is 3. The third-order valence-corrected chi connectivity index (χ3v) is 6.56. The smallest absolute Gasteiger partial charge is 0.0547 e. The average Bonchev–Trinajstić information content (AvgIpc) is 2.86. The Balaban J connectivity index is 1.29. The lowest BCUT2D eigenvalue weighted by Gasteiger charge is -2.35. The van der Waals surface area contributed by atoms with Crippen molar-refractivity contribution in [2.75, 3.05) is 39.9 Å². The van der Waals surface area contributed by atoms with E-state index >= 15 is 0 Å². The number of rotatable bonds is 7. The van der Waals surface area contributed by atoms with Crippen molar-refractivity contribution in [2.45, 2.75) is 51.0 Å². The van der Waals surface area contributed by atoms with Crippen molar-refractivity contribution in [3.8, 4) is 0 Å². The highest BCUT2D eigenvalue weighted by atomic mass is 16.5. The average molecular weight is 292 g/mol. The van der Waals surface area contributed by atoms with Crippen LogP contribution in [0.3, 0.4) is 0 Å². The molecule has 1 saturated heterocycles. The summed E-state index contributed by atoms with van der Waals surface area (Å²) in [6, 6.07) is 0.818. The van der Waals surface area contributed by atoms with E-state index in [0.717, 1.165) is 37.0 Å². The Morgan fingerprint density at radius 2 is 2.10 bits per heavy atom. The Bertz CT molecular complexity index is 362. The lowest BCUT2D eigenvalue weighted by Crippen LogP contribution is -2.45. The van der Waals surface area contributed by atoms with Crippen molar-refractivity contribution in [1.29, 1.82) is 0 Å². The van der Waals surface area contributed by atoms with Crippen LogP contribution in [0.2, 0.25) is 0 Å². The highest BCUT2D eigenvalue weighted by Gasteiger charge is 2.41. The quantitative estimate of drug-likeness (QED) is 0.780. The van der Waals surface area contributed by atoms with E-state index in [4.69, 9.17) is 4.74 Å². The van der Waals surface area contributed by atoms with Gasteiger partial charge in [-0.05, 0) is 63.3 Å². The molecule has 4 unspecified atom stereocenters. The molecule has 0 aromatic carbocycles. The van der Waals surface area contributed by atoms with Crippen LogP contribution in [0.15, 0.2) is 0 Å². The zero-order valence-electron chi connectivity index (χ0n) is 13.7. The fraction of sp³-hybridized carbons (Fsp3) is 1.00. The predicted octanol–water partition coefficient (Wildman–Crippen LogP) is 2.51. The second-order valence-corrected chi connectivity index (χ2v) is 8.59. The lowest BCUT2D eigenvalue weighted by atomic mass is 9.85. The minimum Gasteiger partial charge on any atom is -0.381 e. The molecule has 3 saturated carbocycles. The molecule has 4 rings (SSSR count). The molecule has 3 aliphatic carbocycles. The van der Waals surface area contributed by atoms with E-state index in [1.165, 1.54) is 64.6 Å². The molecule has 21 heavy (non-hydrogen) atoms. The van der Waals surface area contributed by atoms with Gasteiger partial charge < -0.3 is 15.0 Å². The van der Waals surface area contributed by atoms with Crippen LogP contribution < -0.4 is 5.32 Å². The molecule has 120 valence electrons. The summed E-state index contributed by atoms with van der Waals surface area (Å²) < 4.78 is 5.77.